The molecule has 0 aliphatic heterocycles. The van der Waals surface area contributed by atoms with E-state index in [0.29, 0.717) is 11.1 Å². The molecule has 0 aliphatic rings. The van der Waals surface area contributed by atoms with Gasteiger partial charge in [-0.05, 0) is 12.1 Å². The molecule has 0 saturated heterocycles. The largest absolute Gasteiger partial charge is 0.394 e. The van der Waals surface area contributed by atoms with Crippen LogP contribution < -0.4 is 10.7 Å². The van der Waals surface area contributed by atoms with E-state index < -0.39 is 24.5 Å². The fraction of sp³-hybridized carbons (Fsp3) is 0.105. The zero-order chi connectivity index (χ0) is 19.9. The number of hydrogen-bond acceptors (Lipinski definition) is 6. The van der Waals surface area contributed by atoms with Crippen molar-refractivity contribution in [2.75, 3.05) is 12.0 Å². The highest BCUT2D eigenvalue weighted by atomic mass is 16.3. The molecule has 1 aromatic heterocycles. The van der Waals surface area contributed by atoms with Crippen LogP contribution in [0.2, 0.25) is 0 Å². The number of rotatable bonds is 7. The third-order valence-corrected chi connectivity index (χ3v) is 3.89. The van der Waals surface area contributed by atoms with Crippen LogP contribution in [0, 0.1) is 0 Å². The van der Waals surface area contributed by atoms with E-state index in [1.54, 1.807) is 42.5 Å². The second-order valence-corrected chi connectivity index (χ2v) is 5.83. The van der Waals surface area contributed by atoms with Crippen molar-refractivity contribution < 1.29 is 19.5 Å². The van der Waals surface area contributed by atoms with Gasteiger partial charge in [0.05, 0.1) is 6.61 Å². The summed E-state index contributed by atoms with van der Waals surface area (Å²) in [4.78, 5) is 37.2. The molecule has 0 fully saturated rings. The lowest BCUT2D eigenvalue weighted by Crippen LogP contribution is -2.47. The van der Waals surface area contributed by atoms with E-state index in [4.69, 9.17) is 0 Å². The van der Waals surface area contributed by atoms with Crippen molar-refractivity contribution in [2.24, 2.45) is 0 Å². The van der Waals surface area contributed by atoms with Crippen molar-refractivity contribution in [3.63, 3.8) is 0 Å². The van der Waals surface area contributed by atoms with Gasteiger partial charge >= 0.3 is 0 Å². The van der Waals surface area contributed by atoms with Crippen molar-refractivity contribution in [1.82, 2.24) is 20.2 Å². The van der Waals surface area contributed by atoms with E-state index in [2.05, 4.69) is 20.9 Å². The highest BCUT2D eigenvalue weighted by Gasteiger charge is 2.21. The standard InChI is InChI=1S/C19H17N5O4/c25-10-16(19(28)23-24-11-20-21-12-24)22-18(27)15-8-4-7-14(9-15)17(26)13-5-2-1-3-6-13/h1-9,11-12,16,25H,10H2,(H,22,27)(H,23,28)/t16-/m0/s1. The first-order valence-electron chi connectivity index (χ1n) is 8.35. The third kappa shape index (κ3) is 4.46. The molecule has 9 nitrogen and oxygen atoms in total. The van der Waals surface area contributed by atoms with Gasteiger partial charge in [-0.25, -0.2) is 4.68 Å². The Bertz CT molecular complexity index is 973. The molecule has 0 saturated carbocycles. The molecule has 0 bridgehead atoms. The van der Waals surface area contributed by atoms with Crippen LogP contribution in [0.4, 0.5) is 0 Å². The molecule has 0 radical (unpaired) electrons. The lowest BCUT2D eigenvalue weighted by atomic mass is 10.0. The monoisotopic (exact) mass is 379 g/mol. The van der Waals surface area contributed by atoms with Crippen LogP contribution in [0.15, 0.2) is 67.3 Å². The van der Waals surface area contributed by atoms with Crippen molar-refractivity contribution in [3.8, 4) is 0 Å². The van der Waals surface area contributed by atoms with E-state index in [0.717, 1.165) is 0 Å². The first-order chi connectivity index (χ1) is 13.6. The molecule has 142 valence electrons. The minimum absolute atomic E-state index is 0.192. The molecule has 9 heteroatoms. The molecule has 2 amide bonds. The van der Waals surface area contributed by atoms with Gasteiger partial charge in [-0.1, -0.05) is 42.5 Å². The van der Waals surface area contributed by atoms with Gasteiger partial charge in [0.1, 0.15) is 18.7 Å². The number of amides is 2. The Labute approximate surface area is 160 Å². The van der Waals surface area contributed by atoms with Crippen LogP contribution in [-0.4, -0.2) is 50.2 Å². The predicted molar refractivity (Wildman–Crippen MR) is 99.0 cm³/mol. The van der Waals surface area contributed by atoms with Gasteiger partial charge in [0.15, 0.2) is 5.78 Å². The summed E-state index contributed by atoms with van der Waals surface area (Å²) < 4.78 is 1.19. The number of nitrogens with zero attached hydrogens (tertiary/aromatic N) is 3. The lowest BCUT2D eigenvalue weighted by Gasteiger charge is -2.16. The first kappa shape index (κ1) is 18.9. The molecule has 0 aliphatic carbocycles. The minimum Gasteiger partial charge on any atom is -0.394 e. The molecule has 0 unspecified atom stereocenters. The topological polar surface area (TPSA) is 126 Å². The van der Waals surface area contributed by atoms with Crippen molar-refractivity contribution in [1.29, 1.82) is 0 Å². The zero-order valence-electron chi connectivity index (χ0n) is 14.6. The Kier molecular flexibility index (Phi) is 5.87. The maximum atomic E-state index is 12.5. The van der Waals surface area contributed by atoms with Crippen LogP contribution >= 0.6 is 0 Å². The number of aliphatic hydroxyl groups excluding tert-OH is 1. The van der Waals surface area contributed by atoms with Gasteiger partial charge in [-0.15, -0.1) is 10.2 Å². The van der Waals surface area contributed by atoms with Crippen molar-refractivity contribution >= 4 is 17.6 Å². The number of hydrogen-bond donors (Lipinski definition) is 3. The summed E-state index contributed by atoms with van der Waals surface area (Å²) >= 11 is 0. The maximum absolute atomic E-state index is 12.5. The predicted octanol–water partition coefficient (Wildman–Crippen LogP) is 0.370. The molecular weight excluding hydrogens is 362 g/mol. The van der Waals surface area contributed by atoms with Gasteiger partial charge in [0.2, 0.25) is 0 Å². The van der Waals surface area contributed by atoms with Crippen molar-refractivity contribution in [2.45, 2.75) is 6.04 Å². The number of benzene rings is 2. The molecular formula is C19H17N5O4. The second kappa shape index (κ2) is 8.69. The molecule has 1 atom stereocenters. The van der Waals surface area contributed by atoms with Gasteiger partial charge in [-0.2, -0.15) is 0 Å². The molecule has 2 aromatic carbocycles. The second-order valence-electron chi connectivity index (χ2n) is 5.83. The van der Waals surface area contributed by atoms with Crippen LogP contribution in [0.3, 0.4) is 0 Å². The number of ketones is 1. The van der Waals surface area contributed by atoms with E-state index in [1.807, 2.05) is 0 Å². The average Bonchev–Trinajstić information content (AvgIpc) is 3.25. The zero-order valence-corrected chi connectivity index (χ0v) is 14.6. The quantitative estimate of drug-likeness (QED) is 0.509. The Morgan fingerprint density at radius 1 is 0.929 bits per heavy atom. The third-order valence-electron chi connectivity index (χ3n) is 3.89. The van der Waals surface area contributed by atoms with Crippen LogP contribution in [-0.2, 0) is 4.79 Å². The molecule has 28 heavy (non-hydrogen) atoms. The van der Waals surface area contributed by atoms with Gasteiger partial charge in [-0.3, -0.25) is 19.8 Å². The van der Waals surface area contributed by atoms with Gasteiger partial charge in [0.25, 0.3) is 11.8 Å². The summed E-state index contributed by atoms with van der Waals surface area (Å²) in [6.45, 7) is -0.609. The van der Waals surface area contributed by atoms with Crippen molar-refractivity contribution in [3.05, 3.63) is 83.9 Å². The molecule has 0 spiro atoms. The van der Waals surface area contributed by atoms with E-state index in [-0.39, 0.29) is 11.3 Å². The Morgan fingerprint density at radius 2 is 1.57 bits per heavy atom. The van der Waals surface area contributed by atoms with Crippen LogP contribution in [0.1, 0.15) is 26.3 Å². The summed E-state index contributed by atoms with van der Waals surface area (Å²) in [7, 11) is 0. The molecule has 3 aromatic rings. The first-order valence-corrected chi connectivity index (χ1v) is 8.35. The van der Waals surface area contributed by atoms with E-state index in [1.165, 1.54) is 29.5 Å². The fourth-order valence-electron chi connectivity index (χ4n) is 2.46. The number of nitrogens with one attached hydrogen (secondary N) is 2. The highest BCUT2D eigenvalue weighted by Crippen LogP contribution is 2.12. The highest BCUT2D eigenvalue weighted by molar-refractivity contribution is 6.10. The number of aliphatic hydroxyl groups is 1. The number of carbonyl (C=O) groups excluding carboxylic acids is 3. The Balaban J connectivity index is 1.71. The molecule has 3 rings (SSSR count). The smallest absolute Gasteiger partial charge is 0.263 e. The van der Waals surface area contributed by atoms with Gasteiger partial charge in [0, 0.05) is 16.7 Å². The average molecular weight is 379 g/mol. The fourth-order valence-corrected chi connectivity index (χ4v) is 2.46. The summed E-state index contributed by atoms with van der Waals surface area (Å²) in [6, 6.07) is 13.6. The normalized spacial score (nSPS) is 11.5. The number of carbonyl (C=O) groups is 3. The number of aromatic nitrogens is 3. The summed E-state index contributed by atoms with van der Waals surface area (Å²) in [5.41, 5.74) is 3.44. The summed E-state index contributed by atoms with van der Waals surface area (Å²) in [6.07, 6.45) is 2.51. The maximum Gasteiger partial charge on any atom is 0.263 e. The van der Waals surface area contributed by atoms with Crippen LogP contribution in [0.25, 0.3) is 0 Å². The lowest BCUT2D eigenvalue weighted by molar-refractivity contribution is -0.119. The Hall–Kier alpha value is -3.85. The molecule has 3 N–H and O–H groups in total. The van der Waals surface area contributed by atoms with Gasteiger partial charge < -0.3 is 10.4 Å². The molecule has 1 heterocycles. The Morgan fingerprint density at radius 3 is 2.25 bits per heavy atom. The minimum atomic E-state index is -1.19. The van der Waals surface area contributed by atoms with E-state index in [9.17, 15) is 19.5 Å². The summed E-state index contributed by atoms with van der Waals surface area (Å²) in [5, 5.41) is 18.9. The van der Waals surface area contributed by atoms with E-state index >= 15 is 0 Å². The SMILES string of the molecule is O=C(N[C@@H](CO)C(=O)Nn1cnnc1)c1cccc(C(=O)c2ccccc2)c1. The summed E-state index contributed by atoms with van der Waals surface area (Å²) in [5.74, 6) is -1.47. The van der Waals surface area contributed by atoms with Crippen LogP contribution in [0.5, 0.6) is 0 Å².